The normalized spacial score (nSPS) is 12.5. The number of aliphatic hydroxyl groups excluding tert-OH is 2. The van der Waals surface area contributed by atoms with Gasteiger partial charge >= 0.3 is 48.9 Å². The molecule has 2 atom stereocenters. The third-order valence-electron chi connectivity index (χ3n) is 1.75. The first-order chi connectivity index (χ1) is 7.33. The quantitative estimate of drug-likeness (QED) is 0.495. The molecule has 2 N–H and O–H groups in total. The second kappa shape index (κ2) is 14.5. The molecule has 7 heteroatoms. The van der Waals surface area contributed by atoms with E-state index in [1.807, 2.05) is 0 Å². The molecule has 0 rings (SSSR count). The van der Waals surface area contributed by atoms with Crippen molar-refractivity contribution in [2.75, 3.05) is 0 Å². The van der Waals surface area contributed by atoms with Crippen LogP contribution in [0.15, 0.2) is 0 Å². The Labute approximate surface area is 141 Å². The molecule has 0 fully saturated rings. The molecular weight excluding hydrogens is 353 g/mol. The van der Waals surface area contributed by atoms with Crippen LogP contribution in [0.4, 0.5) is 0 Å². The number of carboxylic acids is 2. The van der Waals surface area contributed by atoms with E-state index in [1.165, 1.54) is 0 Å². The molecule has 0 aliphatic rings. The summed E-state index contributed by atoms with van der Waals surface area (Å²) >= 11 is 0. The Morgan fingerprint density at radius 3 is 1.24 bits per heavy atom. The SMILES string of the molecule is CC[C@@H](O)CC(=O)[O-].CC[C@@H](O)CC(=O)[O-].[Ba+2]. The fraction of sp³-hybridized carbons (Fsp3) is 0.800. The maximum absolute atomic E-state index is 9.70. The molecular formula is C10H18BaO6. The Bertz CT molecular complexity index is 187. The molecule has 0 aromatic carbocycles. The van der Waals surface area contributed by atoms with Crippen molar-refractivity contribution in [3.63, 3.8) is 0 Å². The standard InChI is InChI=1S/2C5H10O3.Ba/c2*1-2-4(6)3-5(7)8;/h2*4,6H,2-3H2,1H3,(H,7,8);/q;;+2/p-2/t2*4-;/m11./s1. The zero-order valence-electron chi connectivity index (χ0n) is 10.2. The zero-order chi connectivity index (χ0) is 13.1. The third kappa shape index (κ3) is 22.1. The van der Waals surface area contributed by atoms with Gasteiger partial charge in [-0.1, -0.05) is 13.8 Å². The van der Waals surface area contributed by atoms with Gasteiger partial charge < -0.3 is 30.0 Å². The number of hydrogen-bond acceptors (Lipinski definition) is 6. The van der Waals surface area contributed by atoms with Crippen molar-refractivity contribution < 1.29 is 30.0 Å². The zero-order valence-corrected chi connectivity index (χ0v) is 14.7. The van der Waals surface area contributed by atoms with E-state index >= 15 is 0 Å². The number of aliphatic carboxylic acids is 2. The maximum atomic E-state index is 9.70. The second-order valence-electron chi connectivity index (χ2n) is 3.28. The van der Waals surface area contributed by atoms with E-state index in [0.29, 0.717) is 12.8 Å². The molecule has 0 radical (unpaired) electrons. The van der Waals surface area contributed by atoms with E-state index in [0.717, 1.165) is 0 Å². The van der Waals surface area contributed by atoms with Gasteiger partial charge in [0.2, 0.25) is 0 Å². The van der Waals surface area contributed by atoms with Crippen LogP contribution in [0.2, 0.25) is 0 Å². The average Bonchev–Trinajstić information content (AvgIpc) is 2.16. The molecule has 96 valence electrons. The van der Waals surface area contributed by atoms with E-state index in [-0.39, 0.29) is 61.7 Å². The summed E-state index contributed by atoms with van der Waals surface area (Å²) in [5.41, 5.74) is 0. The van der Waals surface area contributed by atoms with E-state index in [1.54, 1.807) is 13.8 Å². The van der Waals surface area contributed by atoms with Crippen molar-refractivity contribution in [1.82, 2.24) is 0 Å². The molecule has 0 aromatic heterocycles. The molecule has 17 heavy (non-hydrogen) atoms. The predicted octanol–water partition coefficient (Wildman–Crippen LogP) is -2.59. The Hall–Kier alpha value is 0.431. The van der Waals surface area contributed by atoms with Gasteiger partial charge in [0.25, 0.3) is 0 Å². The average molecular weight is 372 g/mol. The Kier molecular flexibility index (Phi) is 19.3. The van der Waals surface area contributed by atoms with Gasteiger partial charge in [0.1, 0.15) is 0 Å². The number of rotatable bonds is 6. The minimum Gasteiger partial charge on any atom is -0.550 e. The number of hydrogen-bond donors (Lipinski definition) is 2. The Morgan fingerprint density at radius 1 is 0.941 bits per heavy atom. The van der Waals surface area contributed by atoms with Crippen LogP contribution in [0.1, 0.15) is 39.5 Å². The number of carbonyl (C=O) groups excluding carboxylic acids is 2. The van der Waals surface area contributed by atoms with Crippen LogP contribution in [0.25, 0.3) is 0 Å². The largest absolute Gasteiger partial charge is 2.00 e. The van der Waals surface area contributed by atoms with Crippen LogP contribution < -0.4 is 10.2 Å². The van der Waals surface area contributed by atoms with Gasteiger partial charge in [-0.3, -0.25) is 0 Å². The molecule has 0 saturated heterocycles. The van der Waals surface area contributed by atoms with Gasteiger partial charge in [0, 0.05) is 24.8 Å². The number of carboxylic acid groups (broad SMARTS) is 2. The molecule has 0 heterocycles. The molecule has 0 aliphatic heterocycles. The maximum Gasteiger partial charge on any atom is 2.00 e. The van der Waals surface area contributed by atoms with Crippen molar-refractivity contribution in [3.05, 3.63) is 0 Å². The summed E-state index contributed by atoms with van der Waals surface area (Å²) in [6, 6.07) is 0. The van der Waals surface area contributed by atoms with Crippen LogP contribution in [0.5, 0.6) is 0 Å². The van der Waals surface area contributed by atoms with Gasteiger partial charge in [-0.2, -0.15) is 0 Å². The fourth-order valence-corrected chi connectivity index (χ4v) is 0.673. The third-order valence-corrected chi connectivity index (χ3v) is 1.75. The smallest absolute Gasteiger partial charge is 0.550 e. The van der Waals surface area contributed by atoms with Crippen LogP contribution in [-0.2, 0) is 9.59 Å². The predicted molar refractivity (Wildman–Crippen MR) is 57.6 cm³/mol. The first kappa shape index (κ1) is 22.6. The van der Waals surface area contributed by atoms with Crippen molar-refractivity contribution in [2.45, 2.75) is 51.7 Å². The van der Waals surface area contributed by atoms with E-state index in [9.17, 15) is 19.8 Å². The van der Waals surface area contributed by atoms with Crippen molar-refractivity contribution >= 4 is 60.8 Å². The minimum absolute atomic E-state index is 0. The van der Waals surface area contributed by atoms with Crippen LogP contribution in [0, 0.1) is 0 Å². The monoisotopic (exact) mass is 372 g/mol. The summed E-state index contributed by atoms with van der Waals surface area (Å²) in [5.74, 6) is -2.39. The summed E-state index contributed by atoms with van der Waals surface area (Å²) < 4.78 is 0. The second-order valence-corrected chi connectivity index (χ2v) is 3.28. The summed E-state index contributed by atoms with van der Waals surface area (Å²) in [5, 5.41) is 36.6. The number of carbonyl (C=O) groups is 2. The minimum atomic E-state index is -1.20. The van der Waals surface area contributed by atoms with Gasteiger partial charge in [0.15, 0.2) is 0 Å². The van der Waals surface area contributed by atoms with Crippen molar-refractivity contribution in [1.29, 1.82) is 0 Å². The molecule has 0 bridgehead atoms. The van der Waals surface area contributed by atoms with Crippen LogP contribution >= 0.6 is 0 Å². The van der Waals surface area contributed by atoms with Crippen molar-refractivity contribution in [2.24, 2.45) is 0 Å². The summed E-state index contributed by atoms with van der Waals surface area (Å²) in [4.78, 5) is 19.4. The van der Waals surface area contributed by atoms with Crippen molar-refractivity contribution in [3.8, 4) is 0 Å². The number of aliphatic hydroxyl groups is 2. The fourth-order valence-electron chi connectivity index (χ4n) is 0.673. The molecule has 0 unspecified atom stereocenters. The summed E-state index contributed by atoms with van der Waals surface area (Å²) in [6.07, 6.45) is -1.05. The topological polar surface area (TPSA) is 121 Å². The van der Waals surface area contributed by atoms with Crippen LogP contribution in [-0.4, -0.2) is 83.2 Å². The molecule has 0 aromatic rings. The molecule has 0 saturated carbocycles. The Morgan fingerprint density at radius 2 is 1.18 bits per heavy atom. The molecule has 0 aliphatic carbocycles. The van der Waals surface area contributed by atoms with Crippen LogP contribution in [0.3, 0.4) is 0 Å². The van der Waals surface area contributed by atoms with E-state index < -0.39 is 24.1 Å². The first-order valence-corrected chi connectivity index (χ1v) is 5.09. The molecule has 0 spiro atoms. The Balaban J connectivity index is -0.000000218. The van der Waals surface area contributed by atoms with Gasteiger partial charge in [-0.25, -0.2) is 0 Å². The molecule has 0 amide bonds. The van der Waals surface area contributed by atoms with Gasteiger partial charge in [0.05, 0.1) is 12.2 Å². The van der Waals surface area contributed by atoms with E-state index in [2.05, 4.69) is 0 Å². The first-order valence-electron chi connectivity index (χ1n) is 5.09. The summed E-state index contributed by atoms with van der Waals surface area (Å²) in [7, 11) is 0. The summed E-state index contributed by atoms with van der Waals surface area (Å²) in [6.45, 7) is 3.43. The van der Waals surface area contributed by atoms with Gasteiger partial charge in [-0.05, 0) is 12.8 Å². The molecule has 6 nitrogen and oxygen atoms in total. The van der Waals surface area contributed by atoms with Gasteiger partial charge in [-0.15, -0.1) is 0 Å². The van der Waals surface area contributed by atoms with E-state index in [4.69, 9.17) is 10.2 Å².